The van der Waals surface area contributed by atoms with Crippen LogP contribution in [0.1, 0.15) is 10.7 Å². The number of aryl methyl sites for hydroxylation is 1. The molecule has 0 radical (unpaired) electrons. The highest BCUT2D eigenvalue weighted by molar-refractivity contribution is 7.89. The Hall–Kier alpha value is -1.91. The van der Waals surface area contributed by atoms with Gasteiger partial charge in [-0.3, -0.25) is 4.79 Å². The second kappa shape index (κ2) is 7.37. The van der Waals surface area contributed by atoms with E-state index >= 15 is 0 Å². The SMILES string of the molecule is Cc1nc(CC(=O)N2CCN(S(=O)(=O)c3ccc(F)cc3F)CC2)cs1. The van der Waals surface area contributed by atoms with Gasteiger partial charge in [-0.15, -0.1) is 11.3 Å². The van der Waals surface area contributed by atoms with E-state index < -0.39 is 26.6 Å². The molecule has 1 aromatic carbocycles. The predicted octanol–water partition coefficient (Wildman–Crippen LogP) is 1.81. The summed E-state index contributed by atoms with van der Waals surface area (Å²) in [6.45, 7) is 2.40. The van der Waals surface area contributed by atoms with Gasteiger partial charge in [0.1, 0.15) is 16.5 Å². The Kier molecular flexibility index (Phi) is 5.35. The van der Waals surface area contributed by atoms with Crippen molar-refractivity contribution in [1.29, 1.82) is 0 Å². The van der Waals surface area contributed by atoms with Crippen molar-refractivity contribution < 1.29 is 22.0 Å². The standard InChI is InChI=1S/C16H17F2N3O3S2/c1-11-19-13(10-25-11)9-16(22)20-4-6-21(7-5-20)26(23,24)15-3-2-12(17)8-14(15)18/h2-3,8,10H,4-7,9H2,1H3. The van der Waals surface area contributed by atoms with Gasteiger partial charge in [0.25, 0.3) is 0 Å². The summed E-state index contributed by atoms with van der Waals surface area (Å²) < 4.78 is 53.0. The zero-order valence-electron chi connectivity index (χ0n) is 14.0. The molecule has 1 amide bonds. The molecule has 0 unspecified atom stereocenters. The predicted molar refractivity (Wildman–Crippen MR) is 92.3 cm³/mol. The minimum Gasteiger partial charge on any atom is -0.340 e. The van der Waals surface area contributed by atoms with Crippen molar-refractivity contribution in [3.8, 4) is 0 Å². The Labute approximate surface area is 154 Å². The van der Waals surface area contributed by atoms with Crippen molar-refractivity contribution in [2.45, 2.75) is 18.2 Å². The average Bonchev–Trinajstić information content (AvgIpc) is 2.99. The van der Waals surface area contributed by atoms with Crippen LogP contribution in [0, 0.1) is 18.6 Å². The third-order valence-corrected chi connectivity index (χ3v) is 6.86. The number of nitrogens with zero attached hydrogens (tertiary/aromatic N) is 3. The fourth-order valence-corrected chi connectivity index (χ4v) is 4.84. The number of carbonyl (C=O) groups excluding carboxylic acids is 1. The molecular weight excluding hydrogens is 384 g/mol. The van der Waals surface area contributed by atoms with Crippen molar-refractivity contribution in [3.05, 3.63) is 45.9 Å². The minimum absolute atomic E-state index is 0.0565. The number of sulfonamides is 1. The highest BCUT2D eigenvalue weighted by atomic mass is 32.2. The molecule has 2 aromatic rings. The molecule has 0 aliphatic carbocycles. The van der Waals surface area contributed by atoms with Crippen LogP contribution in [-0.4, -0.2) is 54.7 Å². The van der Waals surface area contributed by atoms with E-state index in [0.717, 1.165) is 21.4 Å². The Balaban J connectivity index is 1.65. The molecule has 26 heavy (non-hydrogen) atoms. The number of rotatable bonds is 4. The first-order valence-corrected chi connectivity index (χ1v) is 10.2. The van der Waals surface area contributed by atoms with Crippen LogP contribution in [0.15, 0.2) is 28.5 Å². The molecule has 0 bridgehead atoms. The quantitative estimate of drug-likeness (QED) is 0.784. The molecule has 10 heteroatoms. The number of hydrogen-bond acceptors (Lipinski definition) is 5. The molecule has 2 heterocycles. The monoisotopic (exact) mass is 401 g/mol. The van der Waals surface area contributed by atoms with Crippen LogP contribution >= 0.6 is 11.3 Å². The Morgan fingerprint density at radius 1 is 1.23 bits per heavy atom. The molecule has 0 atom stereocenters. The van der Waals surface area contributed by atoms with Crippen LogP contribution in [0.3, 0.4) is 0 Å². The number of amides is 1. The van der Waals surface area contributed by atoms with E-state index in [1.54, 1.807) is 4.90 Å². The van der Waals surface area contributed by atoms with E-state index in [4.69, 9.17) is 0 Å². The minimum atomic E-state index is -4.07. The third kappa shape index (κ3) is 3.92. The number of piperazine rings is 1. The topological polar surface area (TPSA) is 70.6 Å². The number of carbonyl (C=O) groups is 1. The number of benzene rings is 1. The molecule has 0 N–H and O–H groups in total. The van der Waals surface area contributed by atoms with E-state index in [9.17, 15) is 22.0 Å². The van der Waals surface area contributed by atoms with Gasteiger partial charge >= 0.3 is 0 Å². The number of hydrogen-bond donors (Lipinski definition) is 0. The summed E-state index contributed by atoms with van der Waals surface area (Å²) in [5.41, 5.74) is 0.695. The molecule has 140 valence electrons. The van der Waals surface area contributed by atoms with E-state index in [-0.39, 0.29) is 38.5 Å². The van der Waals surface area contributed by atoms with E-state index in [0.29, 0.717) is 11.8 Å². The first-order chi connectivity index (χ1) is 12.3. The molecular formula is C16H17F2N3O3S2. The normalized spacial score (nSPS) is 16.0. The van der Waals surface area contributed by atoms with Gasteiger partial charge in [0.05, 0.1) is 17.1 Å². The average molecular weight is 401 g/mol. The molecule has 3 rings (SSSR count). The van der Waals surface area contributed by atoms with E-state index in [2.05, 4.69) is 4.98 Å². The van der Waals surface area contributed by atoms with Gasteiger partial charge < -0.3 is 4.90 Å². The number of halogens is 2. The summed E-state index contributed by atoms with van der Waals surface area (Å²) in [4.78, 5) is 17.6. The van der Waals surface area contributed by atoms with Crippen LogP contribution in [-0.2, 0) is 21.2 Å². The van der Waals surface area contributed by atoms with Crippen molar-refractivity contribution in [2.75, 3.05) is 26.2 Å². The van der Waals surface area contributed by atoms with Gasteiger partial charge in [-0.25, -0.2) is 22.2 Å². The summed E-state index contributed by atoms with van der Waals surface area (Å²) >= 11 is 1.47. The van der Waals surface area contributed by atoms with E-state index in [1.807, 2.05) is 12.3 Å². The van der Waals surface area contributed by atoms with Gasteiger partial charge in [0.2, 0.25) is 15.9 Å². The van der Waals surface area contributed by atoms with Crippen molar-refractivity contribution in [1.82, 2.24) is 14.2 Å². The summed E-state index contributed by atoms with van der Waals surface area (Å²) in [5, 5.41) is 2.70. The zero-order chi connectivity index (χ0) is 18.9. The Morgan fingerprint density at radius 3 is 2.50 bits per heavy atom. The van der Waals surface area contributed by atoms with Gasteiger partial charge in [0.15, 0.2) is 0 Å². The molecule has 1 saturated heterocycles. The highest BCUT2D eigenvalue weighted by Gasteiger charge is 2.32. The van der Waals surface area contributed by atoms with Crippen molar-refractivity contribution in [3.63, 3.8) is 0 Å². The van der Waals surface area contributed by atoms with Crippen molar-refractivity contribution >= 4 is 27.3 Å². The van der Waals surface area contributed by atoms with Crippen LogP contribution in [0.25, 0.3) is 0 Å². The smallest absolute Gasteiger partial charge is 0.246 e. The second-order valence-electron chi connectivity index (χ2n) is 5.89. The summed E-state index contributed by atoms with van der Waals surface area (Å²) in [6, 6.07) is 2.37. The Morgan fingerprint density at radius 2 is 1.92 bits per heavy atom. The van der Waals surface area contributed by atoms with Gasteiger partial charge in [-0.2, -0.15) is 4.31 Å². The molecule has 1 aromatic heterocycles. The van der Waals surface area contributed by atoms with Gasteiger partial charge in [0, 0.05) is 37.6 Å². The molecule has 0 spiro atoms. The van der Waals surface area contributed by atoms with Gasteiger partial charge in [-0.1, -0.05) is 0 Å². The molecule has 6 nitrogen and oxygen atoms in total. The highest BCUT2D eigenvalue weighted by Crippen LogP contribution is 2.21. The lowest BCUT2D eigenvalue weighted by Crippen LogP contribution is -2.51. The largest absolute Gasteiger partial charge is 0.340 e. The fraction of sp³-hybridized carbons (Fsp3) is 0.375. The first-order valence-electron chi connectivity index (χ1n) is 7.91. The van der Waals surface area contributed by atoms with Crippen LogP contribution in [0.2, 0.25) is 0 Å². The maximum absolute atomic E-state index is 13.8. The lowest BCUT2D eigenvalue weighted by molar-refractivity contribution is -0.131. The number of thiazole rings is 1. The maximum atomic E-state index is 13.8. The Bertz CT molecular complexity index is 923. The first kappa shape index (κ1) is 18.9. The lowest BCUT2D eigenvalue weighted by atomic mass is 10.2. The summed E-state index contributed by atoms with van der Waals surface area (Å²) in [5.74, 6) is -2.09. The van der Waals surface area contributed by atoms with Crippen molar-refractivity contribution in [2.24, 2.45) is 0 Å². The van der Waals surface area contributed by atoms with Crippen LogP contribution in [0.4, 0.5) is 8.78 Å². The van der Waals surface area contributed by atoms with Gasteiger partial charge in [-0.05, 0) is 19.1 Å². The lowest BCUT2D eigenvalue weighted by Gasteiger charge is -2.34. The molecule has 0 saturated carbocycles. The fourth-order valence-electron chi connectivity index (χ4n) is 2.76. The van der Waals surface area contributed by atoms with Crippen LogP contribution < -0.4 is 0 Å². The molecule has 1 aliphatic rings. The molecule has 1 aliphatic heterocycles. The van der Waals surface area contributed by atoms with E-state index in [1.165, 1.54) is 11.3 Å². The molecule has 1 fully saturated rings. The maximum Gasteiger partial charge on any atom is 0.246 e. The zero-order valence-corrected chi connectivity index (χ0v) is 15.6. The second-order valence-corrected chi connectivity index (χ2v) is 8.86. The summed E-state index contributed by atoms with van der Waals surface area (Å²) in [6.07, 6.45) is 0.170. The van der Waals surface area contributed by atoms with Crippen LogP contribution in [0.5, 0.6) is 0 Å². The third-order valence-electron chi connectivity index (χ3n) is 4.10. The number of aromatic nitrogens is 1. The summed E-state index contributed by atoms with van der Waals surface area (Å²) in [7, 11) is -4.07.